The first-order chi connectivity index (χ1) is 10.3. The Morgan fingerprint density at radius 2 is 2.00 bits per heavy atom. The van der Waals surface area contributed by atoms with Gasteiger partial charge in [-0.05, 0) is 73.4 Å². The van der Waals surface area contributed by atoms with Crippen LogP contribution in [0.25, 0.3) is 5.57 Å². The number of hydrogen-bond donors (Lipinski definition) is 0. The minimum Gasteiger partial charge on any atom is -0.158 e. The van der Waals surface area contributed by atoms with Crippen molar-refractivity contribution >= 4 is 5.57 Å². The zero-order chi connectivity index (χ0) is 14.5. The first-order valence-corrected chi connectivity index (χ1v) is 7.43. The lowest BCUT2D eigenvalue weighted by Crippen LogP contribution is -1.96. The van der Waals surface area contributed by atoms with E-state index >= 15 is 0 Å². The van der Waals surface area contributed by atoms with Crippen molar-refractivity contribution in [3.05, 3.63) is 65.0 Å². The fraction of sp³-hybridized carbons (Fsp3) is 0.263. The summed E-state index contributed by atoms with van der Waals surface area (Å²) in [4.78, 5) is 0. The SMILES string of the molecule is Cc1c(C#Cc2cccnn2)cccc1C1=CCCCC1. The molecule has 0 radical (unpaired) electrons. The van der Waals surface area contributed by atoms with Crippen LogP contribution in [0.15, 0.2) is 42.6 Å². The molecule has 21 heavy (non-hydrogen) atoms. The molecule has 0 fully saturated rings. The average Bonchev–Trinajstić information content (AvgIpc) is 2.56. The minimum atomic E-state index is 0.708. The molecule has 0 N–H and O–H groups in total. The molecule has 1 heterocycles. The molecule has 2 aromatic rings. The van der Waals surface area contributed by atoms with Crippen LogP contribution >= 0.6 is 0 Å². The minimum absolute atomic E-state index is 0.708. The van der Waals surface area contributed by atoms with E-state index in [0.29, 0.717) is 5.69 Å². The van der Waals surface area contributed by atoms with Crippen LogP contribution in [0.3, 0.4) is 0 Å². The van der Waals surface area contributed by atoms with E-state index in [1.54, 1.807) is 6.20 Å². The zero-order valence-corrected chi connectivity index (χ0v) is 12.3. The third kappa shape index (κ3) is 3.20. The fourth-order valence-corrected chi connectivity index (χ4v) is 2.70. The van der Waals surface area contributed by atoms with E-state index in [1.165, 1.54) is 42.4 Å². The molecule has 0 atom stereocenters. The van der Waals surface area contributed by atoms with Crippen molar-refractivity contribution in [2.24, 2.45) is 0 Å². The molecule has 2 heteroatoms. The van der Waals surface area contributed by atoms with Crippen LogP contribution < -0.4 is 0 Å². The number of allylic oxidation sites excluding steroid dienone is 2. The molecular weight excluding hydrogens is 256 g/mol. The van der Waals surface area contributed by atoms with Crippen molar-refractivity contribution in [2.45, 2.75) is 32.6 Å². The van der Waals surface area contributed by atoms with E-state index in [0.717, 1.165) is 5.56 Å². The smallest absolute Gasteiger partial charge is 0.136 e. The second-order valence-corrected chi connectivity index (χ2v) is 5.31. The monoisotopic (exact) mass is 274 g/mol. The van der Waals surface area contributed by atoms with E-state index in [-0.39, 0.29) is 0 Å². The number of benzene rings is 1. The van der Waals surface area contributed by atoms with Crippen molar-refractivity contribution in [3.63, 3.8) is 0 Å². The van der Waals surface area contributed by atoms with Crippen LogP contribution in [0.2, 0.25) is 0 Å². The number of hydrogen-bond acceptors (Lipinski definition) is 2. The molecule has 1 aliphatic carbocycles. The van der Waals surface area contributed by atoms with Gasteiger partial charge in [0.2, 0.25) is 0 Å². The highest BCUT2D eigenvalue weighted by Crippen LogP contribution is 2.29. The molecule has 0 spiro atoms. The molecular formula is C19H18N2. The van der Waals surface area contributed by atoms with Crippen LogP contribution in [0, 0.1) is 18.8 Å². The summed E-state index contributed by atoms with van der Waals surface area (Å²) in [7, 11) is 0. The maximum Gasteiger partial charge on any atom is 0.136 e. The molecule has 0 aliphatic heterocycles. The highest BCUT2D eigenvalue weighted by Gasteiger charge is 2.10. The van der Waals surface area contributed by atoms with Gasteiger partial charge in [0, 0.05) is 11.8 Å². The van der Waals surface area contributed by atoms with Gasteiger partial charge in [-0.15, -0.1) is 5.10 Å². The molecule has 2 nitrogen and oxygen atoms in total. The average molecular weight is 274 g/mol. The van der Waals surface area contributed by atoms with E-state index in [9.17, 15) is 0 Å². The molecule has 0 amide bonds. The molecule has 0 saturated carbocycles. The van der Waals surface area contributed by atoms with E-state index in [1.807, 2.05) is 12.1 Å². The Morgan fingerprint density at radius 3 is 2.76 bits per heavy atom. The van der Waals surface area contributed by atoms with Gasteiger partial charge in [-0.3, -0.25) is 0 Å². The number of rotatable bonds is 1. The maximum atomic E-state index is 4.00. The lowest BCUT2D eigenvalue weighted by Gasteiger charge is -2.15. The van der Waals surface area contributed by atoms with Gasteiger partial charge in [0.05, 0.1) is 0 Å². The van der Waals surface area contributed by atoms with Crippen LogP contribution in [0.4, 0.5) is 0 Å². The van der Waals surface area contributed by atoms with Gasteiger partial charge in [0.1, 0.15) is 5.69 Å². The van der Waals surface area contributed by atoms with Gasteiger partial charge in [0.15, 0.2) is 0 Å². The molecule has 1 aliphatic rings. The standard InChI is InChI=1S/C19H18N2/c1-15-16(12-13-18-10-6-14-20-21-18)9-5-11-19(15)17-7-3-2-4-8-17/h5-7,9-11,14H,2-4,8H2,1H3. The third-order valence-corrected chi connectivity index (χ3v) is 3.87. The van der Waals surface area contributed by atoms with E-state index in [2.05, 4.69) is 53.2 Å². The number of nitrogens with zero attached hydrogens (tertiary/aromatic N) is 2. The summed E-state index contributed by atoms with van der Waals surface area (Å²) in [6.45, 7) is 2.16. The molecule has 0 unspecified atom stereocenters. The summed E-state index contributed by atoms with van der Waals surface area (Å²) in [5.41, 5.74) is 5.87. The van der Waals surface area contributed by atoms with E-state index in [4.69, 9.17) is 0 Å². The van der Waals surface area contributed by atoms with Crippen molar-refractivity contribution < 1.29 is 0 Å². The molecule has 0 saturated heterocycles. The molecule has 0 bridgehead atoms. The fourth-order valence-electron chi connectivity index (χ4n) is 2.70. The van der Waals surface area contributed by atoms with Gasteiger partial charge in [0.25, 0.3) is 0 Å². The van der Waals surface area contributed by atoms with Crippen LogP contribution in [0.1, 0.15) is 48.1 Å². The predicted molar refractivity (Wildman–Crippen MR) is 85.6 cm³/mol. The Morgan fingerprint density at radius 1 is 1.05 bits per heavy atom. The first-order valence-electron chi connectivity index (χ1n) is 7.43. The lowest BCUT2D eigenvalue weighted by atomic mass is 9.89. The third-order valence-electron chi connectivity index (χ3n) is 3.87. The summed E-state index contributed by atoms with van der Waals surface area (Å²) in [6.07, 6.45) is 9.03. The van der Waals surface area contributed by atoms with Gasteiger partial charge in [-0.1, -0.05) is 24.1 Å². The Bertz CT molecular complexity index is 718. The normalized spacial score (nSPS) is 14.0. The second-order valence-electron chi connectivity index (χ2n) is 5.31. The second kappa shape index (κ2) is 6.37. The largest absolute Gasteiger partial charge is 0.158 e. The van der Waals surface area contributed by atoms with Gasteiger partial charge in [-0.2, -0.15) is 5.10 Å². The highest BCUT2D eigenvalue weighted by atomic mass is 15.1. The summed E-state index contributed by atoms with van der Waals surface area (Å²) in [5.74, 6) is 6.32. The predicted octanol–water partition coefficient (Wildman–Crippen LogP) is 4.14. The van der Waals surface area contributed by atoms with Crippen LogP contribution in [0.5, 0.6) is 0 Å². The molecule has 104 valence electrons. The van der Waals surface area contributed by atoms with Crippen molar-refractivity contribution in [2.75, 3.05) is 0 Å². The zero-order valence-electron chi connectivity index (χ0n) is 12.3. The topological polar surface area (TPSA) is 25.8 Å². The van der Waals surface area contributed by atoms with E-state index < -0.39 is 0 Å². The molecule has 3 rings (SSSR count). The Balaban J connectivity index is 1.94. The summed E-state index contributed by atoms with van der Waals surface area (Å²) >= 11 is 0. The molecule has 1 aromatic carbocycles. The quantitative estimate of drug-likeness (QED) is 0.730. The Labute approximate surface area is 125 Å². The van der Waals surface area contributed by atoms with Crippen molar-refractivity contribution in [1.29, 1.82) is 0 Å². The molecule has 1 aromatic heterocycles. The van der Waals surface area contributed by atoms with Gasteiger partial charge in [-0.25, -0.2) is 0 Å². The summed E-state index contributed by atoms with van der Waals surface area (Å²) in [5, 5.41) is 7.85. The maximum absolute atomic E-state index is 4.00. The Kier molecular flexibility index (Phi) is 4.12. The van der Waals surface area contributed by atoms with Crippen molar-refractivity contribution in [1.82, 2.24) is 10.2 Å². The Hall–Kier alpha value is -2.40. The first kappa shape index (κ1) is 13.6. The lowest BCUT2D eigenvalue weighted by molar-refractivity contribution is 0.741. The van der Waals surface area contributed by atoms with Gasteiger partial charge >= 0.3 is 0 Å². The van der Waals surface area contributed by atoms with Crippen LogP contribution in [-0.2, 0) is 0 Å². The van der Waals surface area contributed by atoms with Crippen molar-refractivity contribution in [3.8, 4) is 11.8 Å². The number of aromatic nitrogens is 2. The van der Waals surface area contributed by atoms with Gasteiger partial charge < -0.3 is 0 Å². The van der Waals surface area contributed by atoms with Crippen LogP contribution in [-0.4, -0.2) is 10.2 Å². The highest BCUT2D eigenvalue weighted by molar-refractivity contribution is 5.71. The summed E-state index contributed by atoms with van der Waals surface area (Å²) < 4.78 is 0. The summed E-state index contributed by atoms with van der Waals surface area (Å²) in [6, 6.07) is 10.1.